The van der Waals surface area contributed by atoms with Crippen LogP contribution in [0.1, 0.15) is 10.8 Å². The van der Waals surface area contributed by atoms with Crippen LogP contribution >= 0.6 is 11.8 Å². The van der Waals surface area contributed by atoms with Gasteiger partial charge < -0.3 is 10.5 Å². The smallest absolute Gasteiger partial charge is 0.0553 e. The lowest BCUT2D eigenvalue weighted by atomic mass is 10.1. The van der Waals surface area contributed by atoms with E-state index in [0.29, 0.717) is 11.8 Å². The largest absolute Gasteiger partial charge is 0.384 e. The third-order valence-electron chi connectivity index (χ3n) is 1.99. The average molecular weight is 211 g/mol. The first kappa shape index (κ1) is 11.6. The number of nitrogens with two attached hydrogens (primary N) is 1. The van der Waals surface area contributed by atoms with Crippen molar-refractivity contribution < 1.29 is 4.74 Å². The molecule has 0 aliphatic carbocycles. The Hall–Kier alpha value is -0.510. The standard InChI is InChI=1S/C11H17NOS/c1-13-7-8-14-11(9-12)10-5-3-2-4-6-10/h2-6,11H,7-9,12H2,1H3. The van der Waals surface area contributed by atoms with Crippen LogP contribution in [0.2, 0.25) is 0 Å². The molecule has 0 saturated carbocycles. The van der Waals surface area contributed by atoms with Crippen molar-refractivity contribution in [3.8, 4) is 0 Å². The van der Waals surface area contributed by atoms with Gasteiger partial charge in [0, 0.05) is 24.7 Å². The zero-order valence-corrected chi connectivity index (χ0v) is 9.30. The molecular weight excluding hydrogens is 194 g/mol. The van der Waals surface area contributed by atoms with Gasteiger partial charge >= 0.3 is 0 Å². The summed E-state index contributed by atoms with van der Waals surface area (Å²) in [5, 5.41) is 0.395. The molecule has 14 heavy (non-hydrogen) atoms. The van der Waals surface area contributed by atoms with Crippen LogP contribution in [0.3, 0.4) is 0 Å². The highest BCUT2D eigenvalue weighted by atomic mass is 32.2. The Kier molecular flexibility index (Phi) is 5.68. The molecular formula is C11H17NOS. The van der Waals surface area contributed by atoms with Crippen LogP contribution in [0.25, 0.3) is 0 Å². The molecule has 0 aliphatic rings. The molecule has 78 valence electrons. The lowest BCUT2D eigenvalue weighted by molar-refractivity contribution is 0.218. The number of hydrogen-bond donors (Lipinski definition) is 1. The van der Waals surface area contributed by atoms with Gasteiger partial charge in [0.15, 0.2) is 0 Å². The Morgan fingerprint density at radius 3 is 2.64 bits per heavy atom. The van der Waals surface area contributed by atoms with Gasteiger partial charge in [0.25, 0.3) is 0 Å². The van der Waals surface area contributed by atoms with E-state index in [1.165, 1.54) is 5.56 Å². The third kappa shape index (κ3) is 3.70. The highest BCUT2D eigenvalue weighted by Gasteiger charge is 2.08. The summed E-state index contributed by atoms with van der Waals surface area (Å²) in [5.74, 6) is 0.993. The summed E-state index contributed by atoms with van der Waals surface area (Å²) in [6.07, 6.45) is 0. The Labute approximate surface area is 89.8 Å². The van der Waals surface area contributed by atoms with Crippen molar-refractivity contribution in [3.05, 3.63) is 35.9 Å². The van der Waals surface area contributed by atoms with E-state index < -0.39 is 0 Å². The highest BCUT2D eigenvalue weighted by molar-refractivity contribution is 7.99. The predicted molar refractivity (Wildman–Crippen MR) is 62.6 cm³/mol. The predicted octanol–water partition coefficient (Wildman–Crippen LogP) is 2.07. The average Bonchev–Trinajstić information content (AvgIpc) is 2.26. The van der Waals surface area contributed by atoms with E-state index in [1.54, 1.807) is 7.11 Å². The van der Waals surface area contributed by atoms with Gasteiger partial charge in [-0.25, -0.2) is 0 Å². The van der Waals surface area contributed by atoms with E-state index in [1.807, 2.05) is 17.8 Å². The minimum Gasteiger partial charge on any atom is -0.384 e. The van der Waals surface area contributed by atoms with E-state index >= 15 is 0 Å². The van der Waals surface area contributed by atoms with Crippen LogP contribution in [0.15, 0.2) is 30.3 Å². The normalized spacial score (nSPS) is 12.7. The summed E-state index contributed by atoms with van der Waals surface area (Å²) in [4.78, 5) is 0. The summed E-state index contributed by atoms with van der Waals surface area (Å²) in [6, 6.07) is 10.4. The van der Waals surface area contributed by atoms with Gasteiger partial charge in [0.2, 0.25) is 0 Å². The van der Waals surface area contributed by atoms with Gasteiger partial charge in [-0.1, -0.05) is 30.3 Å². The number of benzene rings is 1. The van der Waals surface area contributed by atoms with Gasteiger partial charge in [-0.15, -0.1) is 0 Å². The van der Waals surface area contributed by atoms with Crippen molar-refractivity contribution in [1.29, 1.82) is 0 Å². The monoisotopic (exact) mass is 211 g/mol. The lowest BCUT2D eigenvalue weighted by Gasteiger charge is -2.14. The summed E-state index contributed by atoms with van der Waals surface area (Å²) in [5.41, 5.74) is 7.03. The molecule has 1 unspecified atom stereocenters. The Morgan fingerprint density at radius 2 is 2.07 bits per heavy atom. The van der Waals surface area contributed by atoms with Crippen molar-refractivity contribution in [2.24, 2.45) is 5.73 Å². The van der Waals surface area contributed by atoms with Crippen LogP contribution in [-0.4, -0.2) is 26.0 Å². The second-order valence-electron chi connectivity index (χ2n) is 3.00. The number of ether oxygens (including phenoxy) is 1. The maximum Gasteiger partial charge on any atom is 0.0553 e. The van der Waals surface area contributed by atoms with Gasteiger partial charge in [-0.2, -0.15) is 11.8 Å². The molecule has 1 rings (SSSR count). The number of hydrogen-bond acceptors (Lipinski definition) is 3. The zero-order chi connectivity index (χ0) is 10.2. The molecule has 3 heteroatoms. The molecule has 2 N–H and O–H groups in total. The minimum absolute atomic E-state index is 0.395. The topological polar surface area (TPSA) is 35.2 Å². The molecule has 0 amide bonds. The first-order chi connectivity index (χ1) is 6.88. The van der Waals surface area contributed by atoms with Gasteiger partial charge in [0.1, 0.15) is 0 Å². The number of methoxy groups -OCH3 is 1. The van der Waals surface area contributed by atoms with Crippen LogP contribution in [0, 0.1) is 0 Å². The number of rotatable bonds is 6. The third-order valence-corrected chi connectivity index (χ3v) is 3.26. The van der Waals surface area contributed by atoms with Crippen molar-refractivity contribution in [3.63, 3.8) is 0 Å². The molecule has 0 spiro atoms. The van der Waals surface area contributed by atoms with E-state index in [2.05, 4.69) is 24.3 Å². The molecule has 2 nitrogen and oxygen atoms in total. The molecule has 0 fully saturated rings. The second-order valence-corrected chi connectivity index (χ2v) is 4.31. The summed E-state index contributed by atoms with van der Waals surface area (Å²) in [6.45, 7) is 1.46. The van der Waals surface area contributed by atoms with Gasteiger partial charge in [-0.05, 0) is 5.56 Å². The van der Waals surface area contributed by atoms with Crippen LogP contribution in [0.5, 0.6) is 0 Å². The second kappa shape index (κ2) is 6.87. The molecule has 0 radical (unpaired) electrons. The molecule has 0 aromatic heterocycles. The Morgan fingerprint density at radius 1 is 1.36 bits per heavy atom. The molecule has 1 atom stereocenters. The molecule has 1 aromatic carbocycles. The van der Waals surface area contributed by atoms with Crippen molar-refractivity contribution in [2.75, 3.05) is 26.0 Å². The van der Waals surface area contributed by atoms with Crippen molar-refractivity contribution in [2.45, 2.75) is 5.25 Å². The Bertz CT molecular complexity index is 240. The van der Waals surface area contributed by atoms with E-state index in [0.717, 1.165) is 12.4 Å². The summed E-state index contributed by atoms with van der Waals surface area (Å²) >= 11 is 1.85. The minimum atomic E-state index is 0.395. The van der Waals surface area contributed by atoms with Crippen LogP contribution in [0.4, 0.5) is 0 Å². The number of thioether (sulfide) groups is 1. The SMILES string of the molecule is COCCSC(CN)c1ccccc1. The van der Waals surface area contributed by atoms with Gasteiger partial charge in [-0.3, -0.25) is 0 Å². The maximum atomic E-state index is 5.73. The van der Waals surface area contributed by atoms with Gasteiger partial charge in [0.05, 0.1) is 6.61 Å². The van der Waals surface area contributed by atoms with E-state index in [4.69, 9.17) is 10.5 Å². The molecule has 1 aromatic rings. The van der Waals surface area contributed by atoms with Crippen molar-refractivity contribution in [1.82, 2.24) is 0 Å². The molecule has 0 saturated heterocycles. The fraction of sp³-hybridized carbons (Fsp3) is 0.455. The molecule has 0 heterocycles. The summed E-state index contributed by atoms with van der Waals surface area (Å²) < 4.78 is 5.01. The van der Waals surface area contributed by atoms with Crippen LogP contribution in [-0.2, 0) is 4.74 Å². The van der Waals surface area contributed by atoms with E-state index in [-0.39, 0.29) is 0 Å². The zero-order valence-electron chi connectivity index (χ0n) is 8.48. The highest BCUT2D eigenvalue weighted by Crippen LogP contribution is 2.26. The fourth-order valence-electron chi connectivity index (χ4n) is 1.24. The fourth-order valence-corrected chi connectivity index (χ4v) is 2.27. The van der Waals surface area contributed by atoms with Crippen LogP contribution < -0.4 is 5.73 Å². The lowest BCUT2D eigenvalue weighted by Crippen LogP contribution is -2.10. The quantitative estimate of drug-likeness (QED) is 0.732. The first-order valence-corrected chi connectivity index (χ1v) is 5.79. The Balaban J connectivity index is 2.46. The molecule has 0 aliphatic heterocycles. The maximum absolute atomic E-state index is 5.73. The summed E-state index contributed by atoms with van der Waals surface area (Å²) in [7, 11) is 1.72. The molecule has 0 bridgehead atoms. The van der Waals surface area contributed by atoms with Crippen molar-refractivity contribution >= 4 is 11.8 Å². The first-order valence-electron chi connectivity index (χ1n) is 4.74. The van der Waals surface area contributed by atoms with E-state index in [9.17, 15) is 0 Å².